The zero-order valence-corrected chi connectivity index (χ0v) is 15.5. The van der Waals surface area contributed by atoms with E-state index in [2.05, 4.69) is 13.5 Å². The van der Waals surface area contributed by atoms with E-state index in [-0.39, 0.29) is 17.6 Å². The molecule has 3 rings (SSSR count). The SMILES string of the molecule is C=C1C(=O)O[C@]2(C)CC[C@@H]1C[C@@H]1O[C@@]1(C)C/C=C\[C@@](C)(O)CC[C@H]2O. The monoisotopic (exact) mass is 350 g/mol. The minimum Gasteiger partial charge on any atom is -0.453 e. The summed E-state index contributed by atoms with van der Waals surface area (Å²) in [5, 5.41) is 21.2. The van der Waals surface area contributed by atoms with Crippen molar-refractivity contribution in [3.05, 3.63) is 24.3 Å². The highest BCUT2D eigenvalue weighted by atomic mass is 16.6. The summed E-state index contributed by atoms with van der Waals surface area (Å²) < 4.78 is 11.5. The van der Waals surface area contributed by atoms with Gasteiger partial charge in [-0.15, -0.1) is 0 Å². The molecule has 0 unspecified atom stereocenters. The highest BCUT2D eigenvalue weighted by molar-refractivity contribution is 5.89. The Morgan fingerprint density at radius 3 is 2.64 bits per heavy atom. The van der Waals surface area contributed by atoms with Crippen LogP contribution >= 0.6 is 0 Å². The molecule has 2 aliphatic heterocycles. The van der Waals surface area contributed by atoms with Crippen molar-refractivity contribution in [3.8, 4) is 0 Å². The number of rotatable bonds is 0. The molecule has 0 aromatic heterocycles. The van der Waals surface area contributed by atoms with Crippen molar-refractivity contribution in [2.24, 2.45) is 5.92 Å². The average molecular weight is 350 g/mol. The first-order valence-corrected chi connectivity index (χ1v) is 9.23. The Hall–Kier alpha value is -1.17. The fourth-order valence-electron chi connectivity index (χ4n) is 4.02. The van der Waals surface area contributed by atoms with Crippen molar-refractivity contribution >= 4 is 5.97 Å². The lowest BCUT2D eigenvalue weighted by molar-refractivity contribution is -0.166. The Morgan fingerprint density at radius 1 is 1.20 bits per heavy atom. The van der Waals surface area contributed by atoms with Gasteiger partial charge in [0.05, 0.1) is 23.4 Å². The van der Waals surface area contributed by atoms with Crippen molar-refractivity contribution in [1.82, 2.24) is 0 Å². The summed E-state index contributed by atoms with van der Waals surface area (Å²) in [6.07, 6.45) is 6.51. The number of carbonyl (C=O) groups is 1. The van der Waals surface area contributed by atoms with Crippen LogP contribution in [0.3, 0.4) is 0 Å². The lowest BCUT2D eigenvalue weighted by Gasteiger charge is -2.34. The Balaban J connectivity index is 1.88. The maximum Gasteiger partial charge on any atom is 0.334 e. The van der Waals surface area contributed by atoms with Crippen molar-refractivity contribution in [2.75, 3.05) is 0 Å². The summed E-state index contributed by atoms with van der Waals surface area (Å²) >= 11 is 0. The number of aliphatic hydroxyl groups is 2. The first-order valence-electron chi connectivity index (χ1n) is 9.23. The topological polar surface area (TPSA) is 79.3 Å². The minimum absolute atomic E-state index is 0.0170. The number of epoxide rings is 1. The largest absolute Gasteiger partial charge is 0.453 e. The van der Waals surface area contributed by atoms with E-state index in [4.69, 9.17) is 9.47 Å². The van der Waals surface area contributed by atoms with Crippen molar-refractivity contribution in [2.45, 2.75) is 88.3 Å². The van der Waals surface area contributed by atoms with Gasteiger partial charge in [-0.25, -0.2) is 4.79 Å². The smallest absolute Gasteiger partial charge is 0.334 e. The van der Waals surface area contributed by atoms with Gasteiger partial charge in [0.2, 0.25) is 0 Å². The van der Waals surface area contributed by atoms with Crippen LogP contribution in [0.25, 0.3) is 0 Å². The van der Waals surface area contributed by atoms with Gasteiger partial charge in [-0.3, -0.25) is 0 Å². The number of carbonyl (C=O) groups excluding carboxylic acids is 1. The maximum absolute atomic E-state index is 12.5. The molecule has 0 radical (unpaired) electrons. The van der Waals surface area contributed by atoms with Crippen molar-refractivity contribution in [3.63, 3.8) is 0 Å². The third-order valence-electron chi connectivity index (χ3n) is 6.23. The lowest BCUT2D eigenvalue weighted by Crippen LogP contribution is -2.43. The molecule has 0 spiro atoms. The first-order chi connectivity index (χ1) is 11.5. The highest BCUT2D eigenvalue weighted by Crippen LogP contribution is 2.46. The van der Waals surface area contributed by atoms with Gasteiger partial charge in [0.25, 0.3) is 0 Å². The molecule has 6 atom stereocenters. The zero-order valence-electron chi connectivity index (χ0n) is 15.5. The van der Waals surface area contributed by atoms with Gasteiger partial charge in [-0.05, 0) is 65.2 Å². The van der Waals surface area contributed by atoms with Crippen molar-refractivity contribution in [1.29, 1.82) is 0 Å². The normalized spacial score (nSPS) is 49.6. The Morgan fingerprint density at radius 2 is 1.92 bits per heavy atom. The number of ether oxygens (including phenoxy) is 2. The van der Waals surface area contributed by atoms with E-state index >= 15 is 0 Å². The van der Waals surface area contributed by atoms with E-state index < -0.39 is 23.3 Å². The van der Waals surface area contributed by atoms with Crippen LogP contribution in [0.2, 0.25) is 0 Å². The van der Waals surface area contributed by atoms with Gasteiger partial charge in [0.15, 0.2) is 0 Å². The Bertz CT molecular complexity index is 595. The fraction of sp³-hybridized carbons (Fsp3) is 0.750. The number of hydrogen-bond donors (Lipinski definition) is 2. The summed E-state index contributed by atoms with van der Waals surface area (Å²) in [7, 11) is 0. The Labute approximate surface area is 149 Å². The second-order valence-electron chi connectivity index (χ2n) is 8.64. The van der Waals surface area contributed by atoms with Crippen LogP contribution in [-0.2, 0) is 14.3 Å². The van der Waals surface area contributed by atoms with E-state index in [0.717, 1.165) is 19.3 Å². The van der Waals surface area contributed by atoms with Crippen molar-refractivity contribution < 1.29 is 24.5 Å². The van der Waals surface area contributed by atoms with E-state index in [1.54, 1.807) is 19.9 Å². The number of fused-ring (bicyclic) bond motifs is 4. The molecule has 0 aromatic carbocycles. The van der Waals surface area contributed by atoms with E-state index in [1.165, 1.54) is 0 Å². The van der Waals surface area contributed by atoms with Crippen LogP contribution in [0.1, 0.15) is 59.3 Å². The molecule has 1 aliphatic carbocycles. The quantitative estimate of drug-likeness (QED) is 0.304. The molecule has 5 nitrogen and oxygen atoms in total. The fourth-order valence-corrected chi connectivity index (χ4v) is 4.02. The number of hydrogen-bond acceptors (Lipinski definition) is 5. The van der Waals surface area contributed by atoms with Crippen LogP contribution < -0.4 is 0 Å². The molecule has 2 heterocycles. The number of aliphatic hydroxyl groups excluding tert-OH is 1. The summed E-state index contributed by atoms with van der Waals surface area (Å²) in [4.78, 5) is 12.5. The molecule has 2 saturated heterocycles. The van der Waals surface area contributed by atoms with Gasteiger partial charge >= 0.3 is 5.97 Å². The summed E-state index contributed by atoms with van der Waals surface area (Å²) in [5.74, 6) is -0.408. The molecule has 5 heteroatoms. The minimum atomic E-state index is -1.01. The van der Waals surface area contributed by atoms with Crippen LogP contribution in [0.15, 0.2) is 24.3 Å². The molecule has 25 heavy (non-hydrogen) atoms. The average Bonchev–Trinajstić information content (AvgIpc) is 3.18. The van der Waals surface area contributed by atoms with Crippen LogP contribution in [0, 0.1) is 5.92 Å². The predicted octanol–water partition coefficient (Wildman–Crippen LogP) is 2.65. The molecule has 2 bridgehead atoms. The van der Waals surface area contributed by atoms with Gasteiger partial charge in [0, 0.05) is 5.57 Å². The van der Waals surface area contributed by atoms with Crippen LogP contribution in [0.4, 0.5) is 0 Å². The van der Waals surface area contributed by atoms with E-state index in [9.17, 15) is 15.0 Å². The standard InChI is InChI=1S/C20H30O5/c1-13-14-6-11-19(3,25-17(13)22)15(21)7-10-18(2,23)8-5-9-20(4)16(12-14)24-20/h5,8,14-16,21,23H,1,6-7,9-12H2,2-4H3/b8-5-/t14-,15-,16+,18-,19-,20+/m1/s1. The van der Waals surface area contributed by atoms with Gasteiger partial charge < -0.3 is 19.7 Å². The summed E-state index contributed by atoms with van der Waals surface area (Å²) in [5.41, 5.74) is -1.72. The molecular weight excluding hydrogens is 320 g/mol. The predicted molar refractivity (Wildman–Crippen MR) is 93.9 cm³/mol. The molecular formula is C20H30O5. The maximum atomic E-state index is 12.5. The third-order valence-corrected chi connectivity index (χ3v) is 6.23. The molecule has 0 aromatic rings. The third kappa shape index (κ3) is 3.83. The van der Waals surface area contributed by atoms with Gasteiger partial charge in [-0.2, -0.15) is 0 Å². The number of esters is 1. The second kappa shape index (κ2) is 6.22. The first kappa shape index (κ1) is 18.6. The van der Waals surface area contributed by atoms with Crippen LogP contribution in [-0.4, -0.2) is 45.2 Å². The highest BCUT2D eigenvalue weighted by Gasteiger charge is 2.53. The molecule has 140 valence electrons. The zero-order chi connectivity index (χ0) is 18.5. The second-order valence-corrected chi connectivity index (χ2v) is 8.64. The van der Waals surface area contributed by atoms with Crippen LogP contribution in [0.5, 0.6) is 0 Å². The van der Waals surface area contributed by atoms with Gasteiger partial charge in [-0.1, -0.05) is 18.7 Å². The molecule has 2 N–H and O–H groups in total. The molecule has 2 fully saturated rings. The molecule has 0 amide bonds. The lowest BCUT2D eigenvalue weighted by atomic mass is 9.82. The Kier molecular flexibility index (Phi) is 4.63. The van der Waals surface area contributed by atoms with E-state index in [0.29, 0.717) is 24.8 Å². The molecule has 0 saturated carbocycles. The summed E-state index contributed by atoms with van der Waals surface area (Å²) in [6, 6.07) is 0. The van der Waals surface area contributed by atoms with E-state index in [1.807, 2.05) is 6.08 Å². The molecule has 3 aliphatic rings. The van der Waals surface area contributed by atoms with Gasteiger partial charge in [0.1, 0.15) is 5.60 Å². The summed E-state index contributed by atoms with van der Waals surface area (Å²) in [6.45, 7) is 9.52.